The van der Waals surface area contributed by atoms with Gasteiger partial charge in [0.15, 0.2) is 12.2 Å². The van der Waals surface area contributed by atoms with Crippen molar-refractivity contribution >= 4 is 21.6 Å². The monoisotopic (exact) mass is 383 g/mol. The molecule has 1 saturated carbocycles. The van der Waals surface area contributed by atoms with Crippen molar-refractivity contribution < 1.29 is 17.6 Å². The average Bonchev–Trinajstić information content (AvgIpc) is 3.30. The number of sulfonamides is 1. The van der Waals surface area contributed by atoms with Crippen molar-refractivity contribution in [3.05, 3.63) is 66.7 Å². The third kappa shape index (κ3) is 4.07. The van der Waals surface area contributed by atoms with Crippen LogP contribution in [0.2, 0.25) is 0 Å². The van der Waals surface area contributed by atoms with Crippen LogP contribution >= 0.6 is 0 Å². The topological polar surface area (TPSA) is 101 Å². The van der Waals surface area contributed by atoms with Gasteiger partial charge >= 0.3 is 0 Å². The summed E-state index contributed by atoms with van der Waals surface area (Å²) >= 11 is 0. The largest absolute Gasteiger partial charge is 0.444 e. The number of hydrogen-bond donors (Lipinski definition) is 2. The maximum absolute atomic E-state index is 12.5. The molecule has 1 heterocycles. The molecule has 8 heteroatoms. The number of hydrogen-bond acceptors (Lipinski definition) is 5. The highest BCUT2D eigenvalue weighted by Crippen LogP contribution is 2.23. The highest BCUT2D eigenvalue weighted by molar-refractivity contribution is 7.89. The van der Waals surface area contributed by atoms with Crippen LogP contribution < -0.4 is 10.0 Å². The lowest BCUT2D eigenvalue weighted by molar-refractivity contribution is 0.102. The van der Waals surface area contributed by atoms with Gasteiger partial charge in [0, 0.05) is 22.9 Å². The summed E-state index contributed by atoms with van der Waals surface area (Å²) in [6, 6.07) is 13.1. The summed E-state index contributed by atoms with van der Waals surface area (Å²) < 4.78 is 32.5. The number of rotatable bonds is 6. The Morgan fingerprint density at radius 1 is 1.11 bits per heavy atom. The summed E-state index contributed by atoms with van der Waals surface area (Å²) in [6.07, 6.45) is 4.66. The van der Waals surface area contributed by atoms with Crippen molar-refractivity contribution in [1.29, 1.82) is 0 Å². The maximum Gasteiger partial charge on any atom is 0.255 e. The molecular formula is C19H17N3O4S. The number of benzene rings is 2. The van der Waals surface area contributed by atoms with Gasteiger partial charge < -0.3 is 9.73 Å². The molecule has 1 aliphatic rings. The summed E-state index contributed by atoms with van der Waals surface area (Å²) in [6.45, 7) is 0. The number of nitrogens with one attached hydrogen (secondary N) is 2. The van der Waals surface area contributed by atoms with Crippen molar-refractivity contribution in [1.82, 2.24) is 9.71 Å². The zero-order valence-corrected chi connectivity index (χ0v) is 15.1. The molecule has 0 unspecified atom stereocenters. The van der Waals surface area contributed by atoms with E-state index in [4.69, 9.17) is 4.42 Å². The van der Waals surface area contributed by atoms with E-state index in [1.807, 2.05) is 0 Å². The molecule has 0 radical (unpaired) electrons. The summed E-state index contributed by atoms with van der Waals surface area (Å²) in [5.74, 6) is 0.250. The van der Waals surface area contributed by atoms with E-state index in [2.05, 4.69) is 15.0 Å². The summed E-state index contributed by atoms with van der Waals surface area (Å²) in [7, 11) is -3.60. The van der Waals surface area contributed by atoms with E-state index in [0.717, 1.165) is 18.4 Å². The lowest BCUT2D eigenvalue weighted by Gasteiger charge is -2.09. The van der Waals surface area contributed by atoms with E-state index in [0.29, 0.717) is 11.4 Å². The van der Waals surface area contributed by atoms with Crippen LogP contribution in [-0.4, -0.2) is 25.4 Å². The fourth-order valence-electron chi connectivity index (χ4n) is 2.57. The van der Waals surface area contributed by atoms with Crippen LogP contribution in [-0.2, 0) is 10.0 Å². The molecule has 1 aliphatic carbocycles. The van der Waals surface area contributed by atoms with Crippen LogP contribution in [0.1, 0.15) is 23.2 Å². The Bertz CT molecular complexity index is 1060. The highest BCUT2D eigenvalue weighted by Gasteiger charge is 2.28. The van der Waals surface area contributed by atoms with Crippen LogP contribution in [0.15, 0.2) is 70.4 Å². The predicted molar refractivity (Wildman–Crippen MR) is 99.7 cm³/mol. The molecule has 27 heavy (non-hydrogen) atoms. The normalized spacial score (nSPS) is 14.1. The third-order valence-corrected chi connectivity index (χ3v) is 5.68. The minimum atomic E-state index is -3.60. The number of nitrogens with zero attached hydrogens (tertiary/aromatic N) is 1. The SMILES string of the molecule is O=C(Nc1ccc(-c2cnco2)cc1)c1cccc(S(=O)(=O)NC2CC2)c1. The molecule has 0 saturated heterocycles. The summed E-state index contributed by atoms with van der Waals surface area (Å²) in [5, 5.41) is 2.76. The standard InChI is InChI=1S/C19H17N3O4S/c23-19(21-15-6-4-13(5-7-15)18-11-20-12-26-18)14-2-1-3-17(10-14)27(24,25)22-16-8-9-16/h1-7,10-12,16,22H,8-9H2,(H,21,23). The number of oxazole rings is 1. The molecule has 2 N–H and O–H groups in total. The summed E-state index contributed by atoms with van der Waals surface area (Å²) in [4.78, 5) is 16.4. The van der Waals surface area contributed by atoms with Crippen LogP contribution in [0, 0.1) is 0 Å². The second-order valence-corrected chi connectivity index (χ2v) is 8.03. The van der Waals surface area contributed by atoms with E-state index in [1.165, 1.54) is 18.5 Å². The van der Waals surface area contributed by atoms with Crippen molar-refractivity contribution in [2.45, 2.75) is 23.8 Å². The van der Waals surface area contributed by atoms with Crippen LogP contribution in [0.25, 0.3) is 11.3 Å². The van der Waals surface area contributed by atoms with E-state index in [1.54, 1.807) is 42.6 Å². The van der Waals surface area contributed by atoms with Crippen molar-refractivity contribution in [3.8, 4) is 11.3 Å². The van der Waals surface area contributed by atoms with Crippen molar-refractivity contribution in [2.24, 2.45) is 0 Å². The molecule has 1 fully saturated rings. The molecule has 0 atom stereocenters. The second-order valence-electron chi connectivity index (χ2n) is 6.32. The van der Waals surface area contributed by atoms with E-state index in [9.17, 15) is 13.2 Å². The Kier molecular flexibility index (Phi) is 4.51. The van der Waals surface area contributed by atoms with Crippen LogP contribution in [0.3, 0.4) is 0 Å². The number of carbonyl (C=O) groups excluding carboxylic acids is 1. The smallest absolute Gasteiger partial charge is 0.255 e. The van der Waals surface area contributed by atoms with Gasteiger partial charge in [-0.15, -0.1) is 0 Å². The van der Waals surface area contributed by atoms with Gasteiger partial charge in [0.05, 0.1) is 11.1 Å². The average molecular weight is 383 g/mol. The van der Waals surface area contributed by atoms with E-state index < -0.39 is 10.0 Å². The first kappa shape index (κ1) is 17.4. The Hall–Kier alpha value is -2.97. The Labute approximate surface area is 156 Å². The molecule has 138 valence electrons. The quantitative estimate of drug-likeness (QED) is 0.681. The molecule has 4 rings (SSSR count). The first-order valence-electron chi connectivity index (χ1n) is 8.44. The zero-order valence-electron chi connectivity index (χ0n) is 14.3. The number of carbonyl (C=O) groups is 1. The van der Waals surface area contributed by atoms with E-state index in [-0.39, 0.29) is 22.4 Å². The lowest BCUT2D eigenvalue weighted by Crippen LogP contribution is -2.26. The Balaban J connectivity index is 1.49. The first-order valence-corrected chi connectivity index (χ1v) is 9.92. The molecule has 7 nitrogen and oxygen atoms in total. The van der Waals surface area contributed by atoms with Gasteiger partial charge in [0.2, 0.25) is 10.0 Å². The van der Waals surface area contributed by atoms with Gasteiger partial charge in [0.25, 0.3) is 5.91 Å². The highest BCUT2D eigenvalue weighted by atomic mass is 32.2. The molecule has 0 bridgehead atoms. The van der Waals surface area contributed by atoms with Gasteiger partial charge in [-0.05, 0) is 55.3 Å². The predicted octanol–water partition coefficient (Wildman–Crippen LogP) is 3.03. The van der Waals surface area contributed by atoms with Crippen molar-refractivity contribution in [3.63, 3.8) is 0 Å². The molecule has 0 spiro atoms. The molecular weight excluding hydrogens is 366 g/mol. The third-order valence-electron chi connectivity index (χ3n) is 4.17. The van der Waals surface area contributed by atoms with Gasteiger partial charge in [-0.25, -0.2) is 18.1 Å². The minimum absolute atomic E-state index is 0.00959. The van der Waals surface area contributed by atoms with Gasteiger partial charge in [-0.3, -0.25) is 4.79 Å². The molecule has 1 aromatic heterocycles. The van der Waals surface area contributed by atoms with Gasteiger partial charge in [0.1, 0.15) is 0 Å². The van der Waals surface area contributed by atoms with Gasteiger partial charge in [-0.1, -0.05) is 6.07 Å². The maximum atomic E-state index is 12.5. The van der Waals surface area contributed by atoms with Gasteiger partial charge in [-0.2, -0.15) is 0 Å². The van der Waals surface area contributed by atoms with Crippen LogP contribution in [0.4, 0.5) is 5.69 Å². The summed E-state index contributed by atoms with van der Waals surface area (Å²) in [5.41, 5.74) is 1.70. The zero-order chi connectivity index (χ0) is 18.9. The minimum Gasteiger partial charge on any atom is -0.444 e. The number of amides is 1. The first-order chi connectivity index (χ1) is 13.0. The molecule has 0 aliphatic heterocycles. The fraction of sp³-hybridized carbons (Fsp3) is 0.158. The molecule has 3 aromatic rings. The van der Waals surface area contributed by atoms with Crippen molar-refractivity contribution in [2.75, 3.05) is 5.32 Å². The van der Waals surface area contributed by atoms with Crippen LogP contribution in [0.5, 0.6) is 0 Å². The molecule has 1 amide bonds. The second kappa shape index (κ2) is 6.98. The lowest BCUT2D eigenvalue weighted by atomic mass is 10.1. The van der Waals surface area contributed by atoms with E-state index >= 15 is 0 Å². The Morgan fingerprint density at radius 3 is 2.56 bits per heavy atom. The Morgan fingerprint density at radius 2 is 1.89 bits per heavy atom. The molecule has 2 aromatic carbocycles. The number of anilines is 1. The number of aromatic nitrogens is 1. The fourth-order valence-corrected chi connectivity index (χ4v) is 3.92.